The molecule has 0 aliphatic carbocycles. The van der Waals surface area contributed by atoms with Crippen molar-refractivity contribution < 1.29 is 14.3 Å². The van der Waals surface area contributed by atoms with E-state index >= 15 is 0 Å². The van der Waals surface area contributed by atoms with Gasteiger partial charge < -0.3 is 10.1 Å². The normalized spacial score (nSPS) is 9.86. The highest BCUT2D eigenvalue weighted by Gasteiger charge is 2.07. The van der Waals surface area contributed by atoms with Gasteiger partial charge in [-0.15, -0.1) is 0 Å². The second kappa shape index (κ2) is 7.72. The summed E-state index contributed by atoms with van der Waals surface area (Å²) in [7, 11) is 1.32. The van der Waals surface area contributed by atoms with Gasteiger partial charge in [0, 0.05) is 18.9 Å². The van der Waals surface area contributed by atoms with E-state index in [0.29, 0.717) is 18.1 Å². The molecule has 22 heavy (non-hydrogen) atoms. The van der Waals surface area contributed by atoms with Crippen LogP contribution in [-0.2, 0) is 22.5 Å². The van der Waals surface area contributed by atoms with Crippen LogP contribution in [0, 0.1) is 0 Å². The van der Waals surface area contributed by atoms with Gasteiger partial charge in [0.05, 0.1) is 19.2 Å². The number of urea groups is 1. The van der Waals surface area contributed by atoms with Crippen LogP contribution < -0.4 is 10.6 Å². The molecular formula is C15H16N4O3. The quantitative estimate of drug-likeness (QED) is 0.816. The average Bonchev–Trinajstić information content (AvgIpc) is 2.54. The largest absolute Gasteiger partial charge is 0.469 e. The molecule has 0 aromatic carbocycles. The van der Waals surface area contributed by atoms with E-state index in [1.54, 1.807) is 30.6 Å². The van der Waals surface area contributed by atoms with Crippen LogP contribution in [-0.4, -0.2) is 29.1 Å². The minimum atomic E-state index is -0.383. The van der Waals surface area contributed by atoms with Crippen molar-refractivity contribution in [2.45, 2.75) is 13.0 Å². The first-order valence-corrected chi connectivity index (χ1v) is 6.64. The number of rotatable bonds is 5. The number of pyridine rings is 2. The molecule has 0 unspecified atom stereocenters. The molecule has 0 radical (unpaired) electrons. The van der Waals surface area contributed by atoms with Crippen molar-refractivity contribution >= 4 is 17.8 Å². The second-order valence-electron chi connectivity index (χ2n) is 4.43. The number of carbonyl (C=O) groups is 2. The van der Waals surface area contributed by atoms with E-state index in [-0.39, 0.29) is 18.4 Å². The predicted octanol–water partition coefficient (Wildman–Crippen LogP) is 1.51. The van der Waals surface area contributed by atoms with Gasteiger partial charge in [-0.1, -0.05) is 6.07 Å². The van der Waals surface area contributed by atoms with Crippen molar-refractivity contribution in [2.75, 3.05) is 12.4 Å². The molecule has 0 aliphatic rings. The summed E-state index contributed by atoms with van der Waals surface area (Å²) in [5.74, 6) is -0.0135. The monoisotopic (exact) mass is 300 g/mol. The first-order chi connectivity index (χ1) is 10.7. The predicted molar refractivity (Wildman–Crippen MR) is 80.1 cm³/mol. The van der Waals surface area contributed by atoms with Gasteiger partial charge >= 0.3 is 12.0 Å². The Kier molecular flexibility index (Phi) is 5.42. The first-order valence-electron chi connectivity index (χ1n) is 6.64. The molecule has 2 rings (SSSR count). The average molecular weight is 300 g/mol. The van der Waals surface area contributed by atoms with Crippen molar-refractivity contribution in [1.29, 1.82) is 0 Å². The molecule has 0 spiro atoms. The molecule has 0 aliphatic heterocycles. The summed E-state index contributed by atoms with van der Waals surface area (Å²) in [6.07, 6.45) is 3.38. The van der Waals surface area contributed by atoms with Crippen LogP contribution in [0.3, 0.4) is 0 Å². The molecule has 0 atom stereocenters. The molecule has 7 nitrogen and oxygen atoms in total. The molecule has 2 aromatic heterocycles. The number of nitrogens with one attached hydrogen (secondary N) is 2. The molecule has 7 heteroatoms. The highest BCUT2D eigenvalue weighted by Crippen LogP contribution is 2.06. The van der Waals surface area contributed by atoms with Gasteiger partial charge in [-0.2, -0.15) is 0 Å². The molecule has 2 amide bonds. The Bertz CT molecular complexity index is 646. The molecule has 2 aromatic rings. The number of anilines is 1. The van der Waals surface area contributed by atoms with Crippen molar-refractivity contribution in [2.24, 2.45) is 0 Å². The maximum atomic E-state index is 11.8. The molecule has 0 fully saturated rings. The zero-order valence-electron chi connectivity index (χ0n) is 12.1. The van der Waals surface area contributed by atoms with Gasteiger partial charge in [-0.3, -0.25) is 15.1 Å². The summed E-state index contributed by atoms with van der Waals surface area (Å²) in [5, 5.41) is 5.32. The molecule has 114 valence electrons. The number of aromatic nitrogens is 2. The third-order valence-electron chi connectivity index (χ3n) is 2.80. The van der Waals surface area contributed by atoms with Crippen LogP contribution >= 0.6 is 0 Å². The summed E-state index contributed by atoms with van der Waals surface area (Å²) < 4.78 is 4.58. The number of methoxy groups -OCH3 is 1. The number of nitrogens with zero attached hydrogens (tertiary/aromatic N) is 2. The van der Waals surface area contributed by atoms with Crippen LogP contribution in [0.2, 0.25) is 0 Å². The lowest BCUT2D eigenvalue weighted by atomic mass is 10.2. The van der Waals surface area contributed by atoms with Gasteiger partial charge in [-0.05, 0) is 29.8 Å². The van der Waals surface area contributed by atoms with E-state index < -0.39 is 0 Å². The van der Waals surface area contributed by atoms with Crippen molar-refractivity contribution in [1.82, 2.24) is 15.3 Å². The van der Waals surface area contributed by atoms with E-state index in [1.165, 1.54) is 7.11 Å². The summed E-state index contributed by atoms with van der Waals surface area (Å²) in [6.45, 7) is 0.385. The highest BCUT2D eigenvalue weighted by atomic mass is 16.5. The third-order valence-corrected chi connectivity index (χ3v) is 2.80. The highest BCUT2D eigenvalue weighted by molar-refractivity contribution is 5.88. The van der Waals surface area contributed by atoms with Gasteiger partial charge in [0.1, 0.15) is 5.82 Å². The molecular weight excluding hydrogens is 284 g/mol. The number of amides is 2. The van der Waals surface area contributed by atoms with Crippen molar-refractivity contribution in [3.8, 4) is 0 Å². The van der Waals surface area contributed by atoms with E-state index in [1.807, 2.05) is 12.1 Å². The van der Waals surface area contributed by atoms with Crippen LogP contribution in [0.25, 0.3) is 0 Å². The number of hydrogen-bond acceptors (Lipinski definition) is 5. The van der Waals surface area contributed by atoms with E-state index in [4.69, 9.17) is 0 Å². The van der Waals surface area contributed by atoms with E-state index in [0.717, 1.165) is 5.56 Å². The summed E-state index contributed by atoms with van der Waals surface area (Å²) in [5.41, 5.74) is 1.47. The van der Waals surface area contributed by atoms with Crippen LogP contribution in [0.1, 0.15) is 11.3 Å². The fraction of sp³-hybridized carbons (Fsp3) is 0.200. The number of hydrogen-bond donors (Lipinski definition) is 2. The molecule has 0 saturated heterocycles. The zero-order chi connectivity index (χ0) is 15.8. The zero-order valence-corrected chi connectivity index (χ0v) is 12.1. The Balaban J connectivity index is 1.88. The van der Waals surface area contributed by atoms with Gasteiger partial charge in [0.25, 0.3) is 0 Å². The number of carbonyl (C=O) groups excluding carboxylic acids is 2. The Morgan fingerprint density at radius 1 is 1.18 bits per heavy atom. The first kappa shape index (κ1) is 15.4. The van der Waals surface area contributed by atoms with Gasteiger partial charge in [0.2, 0.25) is 0 Å². The Morgan fingerprint density at radius 3 is 2.68 bits per heavy atom. The SMILES string of the molecule is COC(=O)Cc1cccc(NC(=O)NCc2ccncc2)n1. The summed E-state index contributed by atoms with van der Waals surface area (Å²) in [4.78, 5) is 31.1. The maximum Gasteiger partial charge on any atom is 0.320 e. The molecule has 0 saturated carbocycles. The van der Waals surface area contributed by atoms with Crippen molar-refractivity contribution in [3.63, 3.8) is 0 Å². The lowest BCUT2D eigenvalue weighted by molar-refractivity contribution is -0.139. The minimum absolute atomic E-state index is 0.0602. The van der Waals surface area contributed by atoms with Crippen LogP contribution in [0.4, 0.5) is 10.6 Å². The second-order valence-corrected chi connectivity index (χ2v) is 4.43. The van der Waals surface area contributed by atoms with Gasteiger partial charge in [0.15, 0.2) is 0 Å². The molecule has 2 N–H and O–H groups in total. The smallest absolute Gasteiger partial charge is 0.320 e. The maximum absolute atomic E-state index is 11.8. The lowest BCUT2D eigenvalue weighted by Gasteiger charge is -2.08. The molecule has 0 bridgehead atoms. The number of ether oxygens (including phenoxy) is 1. The van der Waals surface area contributed by atoms with Crippen LogP contribution in [0.5, 0.6) is 0 Å². The minimum Gasteiger partial charge on any atom is -0.469 e. The standard InChI is InChI=1S/C15H16N4O3/c1-22-14(20)9-12-3-2-4-13(18-12)19-15(21)17-10-11-5-7-16-8-6-11/h2-8H,9-10H2,1H3,(H2,17,18,19,21). The molecule has 2 heterocycles. The van der Waals surface area contributed by atoms with Crippen molar-refractivity contribution in [3.05, 3.63) is 54.0 Å². The Hall–Kier alpha value is -2.96. The Morgan fingerprint density at radius 2 is 1.95 bits per heavy atom. The van der Waals surface area contributed by atoms with E-state index in [9.17, 15) is 9.59 Å². The van der Waals surface area contributed by atoms with Gasteiger partial charge in [-0.25, -0.2) is 9.78 Å². The summed E-state index contributed by atoms with van der Waals surface area (Å²) in [6, 6.07) is 8.30. The fourth-order valence-corrected chi connectivity index (χ4v) is 1.71. The lowest BCUT2D eigenvalue weighted by Crippen LogP contribution is -2.28. The fourth-order valence-electron chi connectivity index (χ4n) is 1.71. The summed E-state index contributed by atoms with van der Waals surface area (Å²) >= 11 is 0. The third kappa shape index (κ3) is 4.86. The number of esters is 1. The van der Waals surface area contributed by atoms with E-state index in [2.05, 4.69) is 25.3 Å². The van der Waals surface area contributed by atoms with Crippen LogP contribution in [0.15, 0.2) is 42.7 Å². The topological polar surface area (TPSA) is 93.2 Å². The Labute approximate surface area is 127 Å².